The summed E-state index contributed by atoms with van der Waals surface area (Å²) in [5.74, 6) is -0.998. The molecule has 1 aromatic heterocycles. The molecular formula is C18H20BrF5NO5PS. The maximum Gasteiger partial charge on any atom is 0.405 e. The lowest BCUT2D eigenvalue weighted by Gasteiger charge is -2.25. The van der Waals surface area contributed by atoms with Gasteiger partial charge in [-0.3, -0.25) is 9.36 Å². The molecule has 0 radical (unpaired) electrons. The number of halogens is 6. The van der Waals surface area contributed by atoms with Crippen molar-refractivity contribution in [3.63, 3.8) is 0 Å². The molecule has 0 aliphatic rings. The maximum atomic E-state index is 15.3. The molecule has 2 aromatic rings. The lowest BCUT2D eigenvalue weighted by molar-refractivity contribution is -0.136. The summed E-state index contributed by atoms with van der Waals surface area (Å²) in [7, 11) is -4.93. The monoisotopic (exact) mass is 567 g/mol. The molecule has 0 aliphatic heterocycles. The number of carbonyl (C=O) groups excluding carboxylic acids is 1. The lowest BCUT2D eigenvalue weighted by atomic mass is 10.1. The molecule has 0 atom stereocenters. The standard InChI is InChI=1S/C18H20BrF5NO5PS/c1-3-29-31(27,30-4-2)18(23,24)15-13(19)11-8-10(16(25)26)9-12(14(11)32-15)28-7-5-6-17(20,21)22/h8-9H,3-7H2,1-2H3,(H2,25,26). The molecule has 14 heteroatoms. The van der Waals surface area contributed by atoms with Gasteiger partial charge in [-0.2, -0.15) is 22.0 Å². The summed E-state index contributed by atoms with van der Waals surface area (Å²) >= 11 is 3.54. The van der Waals surface area contributed by atoms with Gasteiger partial charge in [0.1, 0.15) is 10.6 Å². The van der Waals surface area contributed by atoms with Crippen LogP contribution in [-0.4, -0.2) is 31.9 Å². The number of alkyl halides is 5. The summed E-state index contributed by atoms with van der Waals surface area (Å²) in [6, 6.07) is 2.39. The predicted octanol–water partition coefficient (Wildman–Crippen LogP) is 6.80. The summed E-state index contributed by atoms with van der Waals surface area (Å²) in [6.07, 6.45) is -5.87. The first-order valence-electron chi connectivity index (χ1n) is 9.30. The summed E-state index contributed by atoms with van der Waals surface area (Å²) in [5, 5.41) is 0.0892. The Morgan fingerprint density at radius 2 is 1.75 bits per heavy atom. The Morgan fingerprint density at radius 1 is 1.16 bits per heavy atom. The first-order valence-corrected chi connectivity index (χ1v) is 12.5. The highest BCUT2D eigenvalue weighted by Gasteiger charge is 2.57. The summed E-state index contributed by atoms with van der Waals surface area (Å²) in [6.45, 7) is 1.79. The maximum absolute atomic E-state index is 15.3. The van der Waals surface area contributed by atoms with Gasteiger partial charge in [-0.25, -0.2) is 0 Å². The van der Waals surface area contributed by atoms with Crippen molar-refractivity contribution in [2.75, 3.05) is 19.8 Å². The Labute approximate surface area is 192 Å². The fourth-order valence-electron chi connectivity index (χ4n) is 2.70. The summed E-state index contributed by atoms with van der Waals surface area (Å²) in [5.41, 5.74) is 1.12. The van der Waals surface area contributed by atoms with Gasteiger partial charge in [-0.15, -0.1) is 11.3 Å². The van der Waals surface area contributed by atoms with Gasteiger partial charge < -0.3 is 19.5 Å². The molecule has 1 amide bonds. The zero-order valence-electron chi connectivity index (χ0n) is 16.9. The number of thiophene rings is 1. The van der Waals surface area contributed by atoms with Crippen molar-refractivity contribution in [2.45, 2.75) is 38.5 Å². The zero-order chi connectivity index (χ0) is 24.3. The number of ether oxygens (including phenoxy) is 1. The van der Waals surface area contributed by atoms with Gasteiger partial charge in [0.15, 0.2) is 0 Å². The fourth-order valence-corrected chi connectivity index (χ4v) is 6.72. The van der Waals surface area contributed by atoms with Gasteiger partial charge in [0.05, 0.1) is 24.5 Å². The fraction of sp³-hybridized carbons (Fsp3) is 0.500. The Hall–Kier alpha value is -1.27. The van der Waals surface area contributed by atoms with Crippen LogP contribution in [0.2, 0.25) is 0 Å². The molecule has 180 valence electrons. The average molecular weight is 568 g/mol. The van der Waals surface area contributed by atoms with Gasteiger partial charge in [-0.05, 0) is 48.3 Å². The van der Waals surface area contributed by atoms with E-state index in [1.807, 2.05) is 0 Å². The molecule has 0 unspecified atom stereocenters. The Kier molecular flexibility index (Phi) is 8.71. The summed E-state index contributed by atoms with van der Waals surface area (Å²) in [4.78, 5) is 11.0. The second-order valence-electron chi connectivity index (χ2n) is 6.40. The van der Waals surface area contributed by atoms with Crippen molar-refractivity contribution in [2.24, 2.45) is 5.73 Å². The molecule has 2 N–H and O–H groups in total. The van der Waals surface area contributed by atoms with Crippen LogP contribution < -0.4 is 10.5 Å². The second kappa shape index (κ2) is 10.3. The van der Waals surface area contributed by atoms with Crippen molar-refractivity contribution >= 4 is 50.9 Å². The van der Waals surface area contributed by atoms with Crippen molar-refractivity contribution < 1.29 is 45.1 Å². The molecular weight excluding hydrogens is 548 g/mol. The minimum absolute atomic E-state index is 0.0892. The number of primary amides is 1. The van der Waals surface area contributed by atoms with E-state index in [4.69, 9.17) is 19.5 Å². The minimum Gasteiger partial charge on any atom is -0.492 e. The molecule has 0 aliphatic carbocycles. The number of hydrogen-bond acceptors (Lipinski definition) is 6. The average Bonchev–Trinajstić information content (AvgIpc) is 3.02. The van der Waals surface area contributed by atoms with E-state index >= 15 is 8.78 Å². The first kappa shape index (κ1) is 27.0. The van der Waals surface area contributed by atoms with Crippen molar-refractivity contribution in [1.29, 1.82) is 0 Å². The largest absolute Gasteiger partial charge is 0.492 e. The second-order valence-corrected chi connectivity index (χ2v) is 10.3. The van der Waals surface area contributed by atoms with E-state index in [1.165, 1.54) is 19.9 Å². The van der Waals surface area contributed by atoms with E-state index in [2.05, 4.69) is 15.9 Å². The molecule has 32 heavy (non-hydrogen) atoms. The van der Waals surface area contributed by atoms with E-state index < -0.39 is 36.6 Å². The van der Waals surface area contributed by atoms with Gasteiger partial charge in [0, 0.05) is 21.8 Å². The van der Waals surface area contributed by atoms with Crippen molar-refractivity contribution in [3.05, 3.63) is 27.0 Å². The Morgan fingerprint density at radius 3 is 2.25 bits per heavy atom. The topological polar surface area (TPSA) is 87.8 Å². The smallest absolute Gasteiger partial charge is 0.405 e. The molecule has 0 spiro atoms. The molecule has 0 saturated carbocycles. The van der Waals surface area contributed by atoms with Gasteiger partial charge in [-0.1, -0.05) is 0 Å². The molecule has 2 rings (SSSR count). The third-order valence-corrected chi connectivity index (χ3v) is 8.69. The highest BCUT2D eigenvalue weighted by atomic mass is 79.9. The van der Waals surface area contributed by atoms with Crippen molar-refractivity contribution in [3.8, 4) is 5.75 Å². The Bertz CT molecular complexity index is 1020. The van der Waals surface area contributed by atoms with Crippen LogP contribution in [0, 0.1) is 0 Å². The van der Waals surface area contributed by atoms with E-state index in [-0.39, 0.29) is 52.1 Å². The molecule has 1 aromatic carbocycles. The Balaban J connectivity index is 2.57. The minimum atomic E-state index is -4.93. The van der Waals surface area contributed by atoms with Crippen LogP contribution in [0.5, 0.6) is 5.75 Å². The molecule has 0 fully saturated rings. The van der Waals surface area contributed by atoms with Crippen molar-refractivity contribution in [1.82, 2.24) is 0 Å². The number of nitrogens with two attached hydrogens (primary N) is 1. The molecule has 6 nitrogen and oxygen atoms in total. The third-order valence-electron chi connectivity index (χ3n) is 4.06. The van der Waals surface area contributed by atoms with E-state index in [9.17, 15) is 22.5 Å². The van der Waals surface area contributed by atoms with Gasteiger partial charge >= 0.3 is 19.4 Å². The highest BCUT2D eigenvalue weighted by Crippen LogP contribution is 2.69. The van der Waals surface area contributed by atoms with Crippen LogP contribution in [0.1, 0.15) is 41.9 Å². The highest BCUT2D eigenvalue weighted by molar-refractivity contribution is 9.10. The van der Waals surface area contributed by atoms with Crippen LogP contribution in [0.15, 0.2) is 16.6 Å². The normalized spacial score (nSPS) is 13.0. The zero-order valence-corrected chi connectivity index (χ0v) is 20.2. The van der Waals surface area contributed by atoms with Crippen LogP contribution in [0.4, 0.5) is 22.0 Å². The summed E-state index contributed by atoms with van der Waals surface area (Å²) < 4.78 is 95.5. The first-order chi connectivity index (χ1) is 14.8. The van der Waals surface area contributed by atoms with Gasteiger partial charge in [0.25, 0.3) is 0 Å². The quantitative estimate of drug-likeness (QED) is 0.183. The number of carbonyl (C=O) groups is 1. The van der Waals surface area contributed by atoms with Crippen LogP contribution in [-0.2, 0) is 19.3 Å². The third kappa shape index (κ3) is 5.80. The molecule has 0 bridgehead atoms. The van der Waals surface area contributed by atoms with E-state index in [0.29, 0.717) is 11.3 Å². The number of fused-ring (bicyclic) bond motifs is 1. The predicted molar refractivity (Wildman–Crippen MR) is 114 cm³/mol. The van der Waals surface area contributed by atoms with E-state index in [1.54, 1.807) is 0 Å². The SMILES string of the molecule is CCOP(=O)(OCC)C(F)(F)c1sc2c(OCCCC(F)(F)F)cc(C(N)=O)cc2c1Br. The van der Waals surface area contributed by atoms with Crippen LogP contribution >= 0.6 is 34.9 Å². The molecule has 1 heterocycles. The lowest BCUT2D eigenvalue weighted by Crippen LogP contribution is -2.17. The van der Waals surface area contributed by atoms with Crippen LogP contribution in [0.3, 0.4) is 0 Å². The van der Waals surface area contributed by atoms with E-state index in [0.717, 1.165) is 6.07 Å². The van der Waals surface area contributed by atoms with Crippen LogP contribution in [0.25, 0.3) is 10.1 Å². The number of hydrogen-bond donors (Lipinski definition) is 1. The molecule has 0 saturated heterocycles. The number of rotatable bonds is 11. The van der Waals surface area contributed by atoms with Gasteiger partial charge in [0.2, 0.25) is 5.91 Å². The number of amides is 1. The number of benzene rings is 1.